The van der Waals surface area contributed by atoms with Crippen molar-refractivity contribution in [1.82, 2.24) is 5.43 Å². The van der Waals surface area contributed by atoms with Crippen molar-refractivity contribution >= 4 is 11.7 Å². The Balaban J connectivity index is 2.65. The van der Waals surface area contributed by atoms with Gasteiger partial charge in [0.2, 0.25) is 5.96 Å². The first-order valence-electron chi connectivity index (χ1n) is 4.89. The van der Waals surface area contributed by atoms with E-state index in [4.69, 9.17) is 5.73 Å². The van der Waals surface area contributed by atoms with Crippen molar-refractivity contribution in [2.24, 2.45) is 15.8 Å². The molecule has 1 aromatic carbocycles. The van der Waals surface area contributed by atoms with Gasteiger partial charge in [-0.3, -0.25) is 4.99 Å². The van der Waals surface area contributed by atoms with Crippen LogP contribution in [0.15, 0.2) is 40.4 Å². The van der Waals surface area contributed by atoms with E-state index >= 15 is 0 Å². The van der Waals surface area contributed by atoms with Crippen molar-refractivity contribution in [3.63, 3.8) is 0 Å². The zero-order valence-corrected chi connectivity index (χ0v) is 9.07. The molecule has 0 heterocycles. The van der Waals surface area contributed by atoms with Crippen molar-refractivity contribution in [1.29, 1.82) is 0 Å². The van der Waals surface area contributed by atoms with Crippen LogP contribution in [0.3, 0.4) is 0 Å². The molecule has 4 heteroatoms. The van der Waals surface area contributed by atoms with E-state index < -0.39 is 0 Å². The molecule has 0 atom stereocenters. The summed E-state index contributed by atoms with van der Waals surface area (Å²) in [7, 11) is 0. The van der Waals surface area contributed by atoms with Crippen molar-refractivity contribution in [2.45, 2.75) is 13.8 Å². The number of aliphatic imine (C=N–C) groups is 1. The Morgan fingerprint density at radius 1 is 1.33 bits per heavy atom. The number of hydrogen-bond donors (Lipinski definition) is 2. The number of rotatable bonds is 3. The number of hydrogen-bond acceptors (Lipinski definition) is 2. The maximum Gasteiger partial charge on any atom is 0.209 e. The Bertz CT molecular complexity index is 354. The topological polar surface area (TPSA) is 62.8 Å². The highest BCUT2D eigenvalue weighted by Crippen LogP contribution is 1.99. The van der Waals surface area contributed by atoms with Gasteiger partial charge in [-0.2, -0.15) is 5.10 Å². The van der Waals surface area contributed by atoms with Crippen LogP contribution in [0, 0.1) is 0 Å². The summed E-state index contributed by atoms with van der Waals surface area (Å²) in [4.78, 5) is 3.97. The first-order valence-corrected chi connectivity index (χ1v) is 4.89. The molecule has 15 heavy (non-hydrogen) atoms. The highest BCUT2D eigenvalue weighted by Gasteiger charge is 1.95. The highest BCUT2D eigenvalue weighted by molar-refractivity contribution is 5.99. The third kappa shape index (κ3) is 3.81. The van der Waals surface area contributed by atoms with Gasteiger partial charge in [-0.25, -0.2) is 5.43 Å². The van der Waals surface area contributed by atoms with Crippen LogP contribution in [0.4, 0.5) is 0 Å². The van der Waals surface area contributed by atoms with E-state index in [1.54, 1.807) is 0 Å². The molecule has 0 aliphatic carbocycles. The van der Waals surface area contributed by atoms with E-state index in [-0.39, 0.29) is 0 Å². The van der Waals surface area contributed by atoms with Gasteiger partial charge in [0.1, 0.15) is 0 Å². The first-order chi connectivity index (χ1) is 7.24. The summed E-state index contributed by atoms with van der Waals surface area (Å²) in [5, 5.41) is 4.12. The number of benzene rings is 1. The lowest BCUT2D eigenvalue weighted by Gasteiger charge is -2.02. The van der Waals surface area contributed by atoms with Crippen molar-refractivity contribution in [3.05, 3.63) is 35.9 Å². The molecule has 0 radical (unpaired) electrons. The van der Waals surface area contributed by atoms with E-state index in [0.29, 0.717) is 12.5 Å². The van der Waals surface area contributed by atoms with E-state index in [0.717, 1.165) is 11.3 Å². The van der Waals surface area contributed by atoms with Crippen LogP contribution in [-0.4, -0.2) is 18.2 Å². The lowest BCUT2D eigenvalue weighted by molar-refractivity contribution is 0.973. The summed E-state index contributed by atoms with van der Waals surface area (Å²) in [6, 6.07) is 9.90. The zero-order chi connectivity index (χ0) is 11.1. The molecule has 3 N–H and O–H groups in total. The summed E-state index contributed by atoms with van der Waals surface area (Å²) in [5.74, 6) is 0.341. The maximum atomic E-state index is 5.54. The molecule has 0 unspecified atom stereocenters. The van der Waals surface area contributed by atoms with E-state index in [1.807, 2.05) is 44.2 Å². The summed E-state index contributed by atoms with van der Waals surface area (Å²) < 4.78 is 0. The molecule has 0 bridgehead atoms. The Hall–Kier alpha value is -1.84. The van der Waals surface area contributed by atoms with Crippen LogP contribution in [0.1, 0.15) is 19.4 Å². The molecule has 0 spiro atoms. The lowest BCUT2D eigenvalue weighted by Crippen LogP contribution is -2.28. The predicted octanol–water partition coefficient (Wildman–Crippen LogP) is 1.33. The average Bonchev–Trinajstić information content (AvgIpc) is 2.27. The predicted molar refractivity (Wildman–Crippen MR) is 64.0 cm³/mol. The van der Waals surface area contributed by atoms with Gasteiger partial charge in [-0.05, 0) is 19.4 Å². The van der Waals surface area contributed by atoms with Gasteiger partial charge in [-0.15, -0.1) is 0 Å². The van der Waals surface area contributed by atoms with Crippen molar-refractivity contribution < 1.29 is 0 Å². The van der Waals surface area contributed by atoms with Crippen LogP contribution in [0.5, 0.6) is 0 Å². The molecule has 0 saturated carbocycles. The van der Waals surface area contributed by atoms with Gasteiger partial charge >= 0.3 is 0 Å². The Morgan fingerprint density at radius 2 is 2.00 bits per heavy atom. The Kier molecular flexibility index (Phi) is 4.34. The largest absolute Gasteiger partial charge is 0.369 e. The lowest BCUT2D eigenvalue weighted by atomic mass is 10.1. The minimum atomic E-state index is 0.341. The van der Waals surface area contributed by atoms with Gasteiger partial charge in [-0.1, -0.05) is 30.3 Å². The van der Waals surface area contributed by atoms with Crippen LogP contribution in [0.25, 0.3) is 0 Å². The molecule has 0 aliphatic rings. The molecule has 4 nitrogen and oxygen atoms in total. The second-order valence-electron chi connectivity index (χ2n) is 3.03. The average molecular weight is 204 g/mol. The number of hydrazone groups is 1. The summed E-state index contributed by atoms with van der Waals surface area (Å²) >= 11 is 0. The second-order valence-corrected chi connectivity index (χ2v) is 3.03. The fraction of sp³-hybridized carbons (Fsp3) is 0.273. The van der Waals surface area contributed by atoms with Crippen LogP contribution < -0.4 is 11.2 Å². The van der Waals surface area contributed by atoms with E-state index in [9.17, 15) is 0 Å². The number of guanidine groups is 1. The van der Waals surface area contributed by atoms with Crippen LogP contribution in [-0.2, 0) is 0 Å². The van der Waals surface area contributed by atoms with Crippen LogP contribution in [0.2, 0.25) is 0 Å². The monoisotopic (exact) mass is 204 g/mol. The molecule has 0 amide bonds. The molecule has 0 aliphatic heterocycles. The summed E-state index contributed by atoms with van der Waals surface area (Å²) in [6.45, 7) is 4.49. The van der Waals surface area contributed by atoms with E-state index in [2.05, 4.69) is 15.5 Å². The normalized spacial score (nSPS) is 12.7. The second kappa shape index (κ2) is 5.80. The van der Waals surface area contributed by atoms with Crippen molar-refractivity contribution in [2.75, 3.05) is 6.54 Å². The van der Waals surface area contributed by atoms with Gasteiger partial charge in [0.25, 0.3) is 0 Å². The zero-order valence-electron chi connectivity index (χ0n) is 9.07. The smallest absolute Gasteiger partial charge is 0.209 e. The number of nitrogens with two attached hydrogens (primary N) is 1. The third-order valence-corrected chi connectivity index (χ3v) is 1.86. The quantitative estimate of drug-likeness (QED) is 0.443. The molecule has 1 aromatic rings. The first kappa shape index (κ1) is 11.2. The number of nitrogens with one attached hydrogen (secondary N) is 1. The van der Waals surface area contributed by atoms with Gasteiger partial charge < -0.3 is 5.73 Å². The Morgan fingerprint density at radius 3 is 2.60 bits per heavy atom. The minimum Gasteiger partial charge on any atom is -0.369 e. The third-order valence-electron chi connectivity index (χ3n) is 1.86. The SMILES string of the molecule is CCN=C(N)N/N=C(\C)c1ccccc1. The number of nitrogens with zero attached hydrogens (tertiary/aromatic N) is 2. The fourth-order valence-electron chi connectivity index (χ4n) is 1.09. The standard InChI is InChI=1S/C11H16N4/c1-3-13-11(12)15-14-9(2)10-7-5-4-6-8-10/h4-8H,3H2,1-2H3,(H3,12,13,15)/b14-9+. The molecule has 0 saturated heterocycles. The van der Waals surface area contributed by atoms with Gasteiger partial charge in [0.15, 0.2) is 0 Å². The van der Waals surface area contributed by atoms with E-state index in [1.165, 1.54) is 0 Å². The van der Waals surface area contributed by atoms with Gasteiger partial charge in [0.05, 0.1) is 5.71 Å². The fourth-order valence-corrected chi connectivity index (χ4v) is 1.09. The molecule has 0 aromatic heterocycles. The summed E-state index contributed by atoms with van der Waals surface area (Å²) in [5.41, 5.74) is 10.2. The van der Waals surface area contributed by atoms with Gasteiger partial charge in [0, 0.05) is 6.54 Å². The maximum absolute atomic E-state index is 5.54. The van der Waals surface area contributed by atoms with Crippen LogP contribution >= 0.6 is 0 Å². The summed E-state index contributed by atoms with van der Waals surface area (Å²) in [6.07, 6.45) is 0. The minimum absolute atomic E-state index is 0.341. The molecule has 1 rings (SSSR count). The molecule has 80 valence electrons. The molecular formula is C11H16N4. The van der Waals surface area contributed by atoms with Crippen molar-refractivity contribution in [3.8, 4) is 0 Å². The Labute approximate surface area is 89.9 Å². The highest BCUT2D eigenvalue weighted by atomic mass is 15.4. The molecular weight excluding hydrogens is 188 g/mol. The molecule has 0 fully saturated rings.